The van der Waals surface area contributed by atoms with Crippen molar-refractivity contribution in [1.82, 2.24) is 0 Å². The second kappa shape index (κ2) is 6.86. The van der Waals surface area contributed by atoms with Gasteiger partial charge in [0.1, 0.15) is 13.2 Å². The van der Waals surface area contributed by atoms with Gasteiger partial charge in [-0.25, -0.2) is 0 Å². The molecule has 1 aliphatic carbocycles. The van der Waals surface area contributed by atoms with E-state index in [0.717, 1.165) is 24.2 Å². The number of carbonyl (C=O) groups excluding carboxylic acids is 2. The Bertz CT molecular complexity index is 956. The van der Waals surface area contributed by atoms with Gasteiger partial charge in [-0.1, -0.05) is 6.07 Å². The first-order valence-corrected chi connectivity index (χ1v) is 9.80. The van der Waals surface area contributed by atoms with Crippen LogP contribution in [0.3, 0.4) is 0 Å². The minimum atomic E-state index is -0.367. The van der Waals surface area contributed by atoms with Crippen LogP contribution in [0.5, 0.6) is 11.5 Å². The summed E-state index contributed by atoms with van der Waals surface area (Å²) in [6, 6.07) is 11.6. The number of anilines is 2. The van der Waals surface area contributed by atoms with E-state index >= 15 is 0 Å². The highest BCUT2D eigenvalue weighted by Gasteiger charge is 2.35. The molecule has 0 spiro atoms. The number of aryl methyl sites for hydroxylation is 2. The lowest BCUT2D eigenvalue weighted by molar-refractivity contribution is -0.122. The summed E-state index contributed by atoms with van der Waals surface area (Å²) in [5.41, 5.74) is 4.25. The van der Waals surface area contributed by atoms with Gasteiger partial charge in [0, 0.05) is 30.4 Å². The lowest BCUT2D eigenvalue weighted by Crippen LogP contribution is -2.28. The van der Waals surface area contributed by atoms with E-state index in [1.807, 2.05) is 24.3 Å². The van der Waals surface area contributed by atoms with Crippen LogP contribution in [0.15, 0.2) is 36.4 Å². The van der Waals surface area contributed by atoms with Crippen LogP contribution in [0.4, 0.5) is 11.4 Å². The fourth-order valence-electron chi connectivity index (χ4n) is 4.23. The highest BCUT2D eigenvalue weighted by molar-refractivity contribution is 6.03. The van der Waals surface area contributed by atoms with Crippen LogP contribution in [0.1, 0.15) is 24.0 Å². The first-order chi connectivity index (χ1) is 13.7. The van der Waals surface area contributed by atoms with Gasteiger partial charge in [0.05, 0.1) is 5.92 Å². The van der Waals surface area contributed by atoms with Crippen LogP contribution < -0.4 is 19.7 Å². The van der Waals surface area contributed by atoms with Gasteiger partial charge < -0.3 is 19.7 Å². The zero-order chi connectivity index (χ0) is 19.1. The van der Waals surface area contributed by atoms with Crippen LogP contribution in [0.2, 0.25) is 0 Å². The van der Waals surface area contributed by atoms with Gasteiger partial charge in [0.25, 0.3) is 0 Å². The summed E-state index contributed by atoms with van der Waals surface area (Å²) < 4.78 is 11.1. The third-order valence-corrected chi connectivity index (χ3v) is 5.70. The largest absolute Gasteiger partial charge is 0.486 e. The molecular formula is C22H22N2O4. The van der Waals surface area contributed by atoms with Crippen molar-refractivity contribution < 1.29 is 19.1 Å². The van der Waals surface area contributed by atoms with Crippen molar-refractivity contribution in [3.8, 4) is 11.5 Å². The SMILES string of the molecule is O=C(Nc1ccc2c(c1)CCC2)[C@H]1CC(=O)N(c2ccc3c(c2)OCCO3)C1. The van der Waals surface area contributed by atoms with E-state index in [-0.39, 0.29) is 24.2 Å². The standard InChI is InChI=1S/C22H22N2O4/c25-21-11-16(22(26)23-17-5-4-14-2-1-3-15(14)10-17)13-24(21)18-6-7-19-20(12-18)28-9-8-27-19/h4-7,10,12,16H,1-3,8-9,11,13H2,(H,23,26)/t16-/m0/s1. The topological polar surface area (TPSA) is 67.9 Å². The molecule has 0 radical (unpaired) electrons. The Balaban J connectivity index is 1.29. The smallest absolute Gasteiger partial charge is 0.229 e. The molecule has 0 unspecified atom stereocenters. The molecule has 0 saturated carbocycles. The number of benzene rings is 2. The maximum Gasteiger partial charge on any atom is 0.229 e. The summed E-state index contributed by atoms with van der Waals surface area (Å²) >= 11 is 0. The molecule has 6 heteroatoms. The molecule has 1 N–H and O–H groups in total. The van der Waals surface area contributed by atoms with E-state index < -0.39 is 0 Å². The second-order valence-electron chi connectivity index (χ2n) is 7.56. The predicted octanol–water partition coefficient (Wildman–Crippen LogP) is 2.94. The van der Waals surface area contributed by atoms with Crippen molar-refractivity contribution >= 4 is 23.2 Å². The number of rotatable bonds is 3. The lowest BCUT2D eigenvalue weighted by atomic mass is 10.1. The van der Waals surface area contributed by atoms with E-state index in [1.54, 1.807) is 4.90 Å². The molecule has 2 amide bonds. The van der Waals surface area contributed by atoms with E-state index in [0.29, 0.717) is 31.3 Å². The number of nitrogens with one attached hydrogen (secondary N) is 1. The number of fused-ring (bicyclic) bond motifs is 2. The van der Waals surface area contributed by atoms with Crippen LogP contribution in [-0.2, 0) is 22.4 Å². The Morgan fingerprint density at radius 1 is 1.00 bits per heavy atom. The van der Waals surface area contributed by atoms with Crippen molar-refractivity contribution in [3.05, 3.63) is 47.5 Å². The van der Waals surface area contributed by atoms with Gasteiger partial charge in [-0.2, -0.15) is 0 Å². The molecule has 144 valence electrons. The molecule has 6 nitrogen and oxygen atoms in total. The van der Waals surface area contributed by atoms with Crippen LogP contribution in [0, 0.1) is 5.92 Å². The Labute approximate surface area is 163 Å². The summed E-state index contributed by atoms with van der Waals surface area (Å²) in [6.07, 6.45) is 3.57. The van der Waals surface area contributed by atoms with Crippen molar-refractivity contribution in [1.29, 1.82) is 0 Å². The molecule has 2 heterocycles. The Morgan fingerprint density at radius 2 is 1.82 bits per heavy atom. The molecule has 1 atom stereocenters. The molecule has 5 rings (SSSR count). The molecule has 2 aliphatic heterocycles. The number of hydrogen-bond acceptors (Lipinski definition) is 4. The van der Waals surface area contributed by atoms with Gasteiger partial charge in [0.15, 0.2) is 11.5 Å². The summed E-state index contributed by atoms with van der Waals surface area (Å²) in [6.45, 7) is 1.39. The molecule has 3 aliphatic rings. The third kappa shape index (κ3) is 3.09. The summed E-state index contributed by atoms with van der Waals surface area (Å²) in [5.74, 6) is 0.807. The van der Waals surface area contributed by atoms with E-state index in [9.17, 15) is 9.59 Å². The zero-order valence-corrected chi connectivity index (χ0v) is 15.6. The predicted molar refractivity (Wildman–Crippen MR) is 105 cm³/mol. The minimum Gasteiger partial charge on any atom is -0.486 e. The highest BCUT2D eigenvalue weighted by atomic mass is 16.6. The first-order valence-electron chi connectivity index (χ1n) is 9.80. The van der Waals surface area contributed by atoms with Gasteiger partial charge >= 0.3 is 0 Å². The molecule has 28 heavy (non-hydrogen) atoms. The first kappa shape index (κ1) is 17.1. The average Bonchev–Trinajstić information content (AvgIpc) is 3.33. The van der Waals surface area contributed by atoms with Crippen molar-refractivity contribution in [2.45, 2.75) is 25.7 Å². The highest BCUT2D eigenvalue weighted by Crippen LogP contribution is 2.36. The maximum absolute atomic E-state index is 12.7. The lowest BCUT2D eigenvalue weighted by Gasteiger charge is -2.22. The Morgan fingerprint density at radius 3 is 2.71 bits per heavy atom. The fourth-order valence-corrected chi connectivity index (χ4v) is 4.23. The molecular weight excluding hydrogens is 356 g/mol. The monoisotopic (exact) mass is 378 g/mol. The third-order valence-electron chi connectivity index (χ3n) is 5.70. The van der Waals surface area contributed by atoms with Crippen molar-refractivity contribution in [2.75, 3.05) is 30.0 Å². The van der Waals surface area contributed by atoms with Gasteiger partial charge in [-0.05, 0) is 54.7 Å². The average molecular weight is 378 g/mol. The van der Waals surface area contributed by atoms with Crippen LogP contribution in [-0.4, -0.2) is 31.6 Å². The zero-order valence-electron chi connectivity index (χ0n) is 15.6. The minimum absolute atomic E-state index is 0.0502. The quantitative estimate of drug-likeness (QED) is 0.892. The van der Waals surface area contributed by atoms with Crippen molar-refractivity contribution in [3.63, 3.8) is 0 Å². The normalized spacial score (nSPS) is 20.2. The summed E-state index contributed by atoms with van der Waals surface area (Å²) in [5, 5.41) is 2.99. The van der Waals surface area contributed by atoms with Gasteiger partial charge in [-0.15, -0.1) is 0 Å². The van der Waals surface area contributed by atoms with Crippen LogP contribution in [0.25, 0.3) is 0 Å². The van der Waals surface area contributed by atoms with E-state index in [4.69, 9.17) is 9.47 Å². The summed E-state index contributed by atoms with van der Waals surface area (Å²) in [4.78, 5) is 26.9. The molecule has 2 aromatic rings. The number of carbonyl (C=O) groups is 2. The van der Waals surface area contributed by atoms with Crippen molar-refractivity contribution in [2.24, 2.45) is 5.92 Å². The Kier molecular flexibility index (Phi) is 4.19. The van der Waals surface area contributed by atoms with Crippen LogP contribution >= 0.6 is 0 Å². The summed E-state index contributed by atoms with van der Waals surface area (Å²) in [7, 11) is 0. The maximum atomic E-state index is 12.7. The van der Waals surface area contributed by atoms with E-state index in [2.05, 4.69) is 17.4 Å². The number of nitrogens with zero attached hydrogens (tertiary/aromatic N) is 1. The number of ether oxygens (including phenoxy) is 2. The molecule has 0 aromatic heterocycles. The van der Waals surface area contributed by atoms with Gasteiger partial charge in [-0.3, -0.25) is 9.59 Å². The second-order valence-corrected chi connectivity index (χ2v) is 7.56. The molecule has 1 saturated heterocycles. The molecule has 2 aromatic carbocycles. The molecule has 1 fully saturated rings. The van der Waals surface area contributed by atoms with E-state index in [1.165, 1.54) is 17.5 Å². The fraction of sp³-hybridized carbons (Fsp3) is 0.364. The Hall–Kier alpha value is -3.02. The number of amides is 2. The van der Waals surface area contributed by atoms with Gasteiger partial charge in [0.2, 0.25) is 11.8 Å². The molecule has 0 bridgehead atoms. The number of hydrogen-bond donors (Lipinski definition) is 1.